The van der Waals surface area contributed by atoms with Crippen LogP contribution in [0.1, 0.15) is 48.8 Å². The molecule has 0 aliphatic carbocycles. The van der Waals surface area contributed by atoms with Gasteiger partial charge in [-0.05, 0) is 45.4 Å². The molecule has 0 fully saturated rings. The molecule has 36 heavy (non-hydrogen) atoms. The number of carboxylic acids is 1. The lowest BCUT2D eigenvalue weighted by Crippen LogP contribution is -2.33. The minimum Gasteiger partial charge on any atom is -0.478 e. The van der Waals surface area contributed by atoms with Crippen molar-refractivity contribution in [2.75, 3.05) is 18.5 Å². The van der Waals surface area contributed by atoms with Crippen LogP contribution in [0.25, 0.3) is 22.9 Å². The third-order valence-electron chi connectivity index (χ3n) is 5.09. The zero-order valence-corrected chi connectivity index (χ0v) is 20.0. The summed E-state index contributed by atoms with van der Waals surface area (Å²) in [4.78, 5) is 43.0. The molecule has 0 saturated heterocycles. The first-order chi connectivity index (χ1) is 17.1. The fraction of sp³-hybridized carbons (Fsp3) is 0.292. The summed E-state index contributed by atoms with van der Waals surface area (Å²) in [6, 6.07) is 3.14. The van der Waals surface area contributed by atoms with Crippen molar-refractivity contribution in [3.05, 3.63) is 47.5 Å². The lowest BCUT2D eigenvalue weighted by atomic mass is 10.0. The Kier molecular flexibility index (Phi) is 6.77. The largest absolute Gasteiger partial charge is 0.478 e. The number of nitrogens with zero attached hydrogens (tertiary/aromatic N) is 2. The number of H-pyrrole nitrogens is 2. The number of aromatic carboxylic acids is 1. The quantitative estimate of drug-likeness (QED) is 0.234. The van der Waals surface area contributed by atoms with Gasteiger partial charge in [-0.2, -0.15) is 0 Å². The molecule has 5 N–H and O–H groups in total. The molecule has 0 saturated carbocycles. The molecule has 0 atom stereocenters. The van der Waals surface area contributed by atoms with E-state index < -0.39 is 17.7 Å². The molecule has 0 unspecified atom stereocenters. The molecule has 0 bridgehead atoms. The fourth-order valence-corrected chi connectivity index (χ4v) is 3.53. The summed E-state index contributed by atoms with van der Waals surface area (Å²) in [6.45, 7) is 6.03. The number of fused-ring (bicyclic) bond motifs is 1. The van der Waals surface area contributed by atoms with Crippen molar-refractivity contribution in [2.45, 2.75) is 32.8 Å². The van der Waals surface area contributed by atoms with E-state index in [1.54, 1.807) is 33.0 Å². The van der Waals surface area contributed by atoms with Gasteiger partial charge >= 0.3 is 12.1 Å². The van der Waals surface area contributed by atoms with E-state index in [2.05, 4.69) is 30.8 Å². The minimum absolute atomic E-state index is 0.0599. The Morgan fingerprint density at radius 1 is 1.25 bits per heavy atom. The Labute approximate surface area is 206 Å². The number of ether oxygens (including phenoxy) is 2. The molecular formula is C24H26N6O6. The van der Waals surface area contributed by atoms with Crippen molar-refractivity contribution in [2.24, 2.45) is 0 Å². The molecular weight excluding hydrogens is 468 g/mol. The van der Waals surface area contributed by atoms with Gasteiger partial charge in [-0.15, -0.1) is 5.10 Å². The minimum atomic E-state index is -1.10. The van der Waals surface area contributed by atoms with Crippen LogP contribution in [0.3, 0.4) is 0 Å². The second-order valence-electron chi connectivity index (χ2n) is 8.97. The summed E-state index contributed by atoms with van der Waals surface area (Å²) in [5.74, 6) is -1.14. The molecule has 12 heteroatoms. The SMILES string of the molecule is CC(C)(C)OC(=O)NCCCOc1n[nH]cc1-c1cc2c(cn1)NC(=O)/C2=C\c1[nH]ccc1C(=O)O. The molecule has 0 spiro atoms. The van der Waals surface area contributed by atoms with E-state index in [9.17, 15) is 19.5 Å². The number of pyridine rings is 1. The van der Waals surface area contributed by atoms with Gasteiger partial charge < -0.3 is 30.2 Å². The van der Waals surface area contributed by atoms with E-state index in [1.807, 2.05) is 0 Å². The van der Waals surface area contributed by atoms with Crippen LogP contribution in [0.2, 0.25) is 0 Å². The van der Waals surface area contributed by atoms with Gasteiger partial charge in [0.1, 0.15) is 5.60 Å². The summed E-state index contributed by atoms with van der Waals surface area (Å²) < 4.78 is 11.0. The molecule has 1 aliphatic heterocycles. The van der Waals surface area contributed by atoms with E-state index in [-0.39, 0.29) is 18.1 Å². The lowest BCUT2D eigenvalue weighted by molar-refractivity contribution is -0.110. The van der Waals surface area contributed by atoms with Crippen LogP contribution < -0.4 is 15.4 Å². The van der Waals surface area contributed by atoms with Crippen molar-refractivity contribution in [3.63, 3.8) is 0 Å². The van der Waals surface area contributed by atoms with E-state index in [4.69, 9.17) is 9.47 Å². The summed E-state index contributed by atoms with van der Waals surface area (Å²) in [5, 5.41) is 21.6. The first-order valence-electron chi connectivity index (χ1n) is 11.2. The fourth-order valence-electron chi connectivity index (χ4n) is 3.53. The van der Waals surface area contributed by atoms with Gasteiger partial charge in [0.2, 0.25) is 5.88 Å². The second kappa shape index (κ2) is 9.94. The third-order valence-corrected chi connectivity index (χ3v) is 5.09. The van der Waals surface area contributed by atoms with E-state index in [0.29, 0.717) is 52.6 Å². The number of carboxylic acid groups (broad SMARTS) is 1. The maximum Gasteiger partial charge on any atom is 0.407 e. The predicted octanol–water partition coefficient (Wildman–Crippen LogP) is 3.28. The van der Waals surface area contributed by atoms with Crippen molar-refractivity contribution in [1.82, 2.24) is 25.5 Å². The number of nitrogens with one attached hydrogen (secondary N) is 4. The first-order valence-corrected chi connectivity index (χ1v) is 11.2. The Morgan fingerprint density at radius 3 is 2.81 bits per heavy atom. The Morgan fingerprint density at radius 2 is 2.06 bits per heavy atom. The summed E-state index contributed by atoms with van der Waals surface area (Å²) in [7, 11) is 0. The van der Waals surface area contributed by atoms with Crippen molar-refractivity contribution < 1.29 is 29.0 Å². The van der Waals surface area contributed by atoms with Crippen molar-refractivity contribution >= 4 is 35.3 Å². The molecule has 3 aromatic rings. The number of alkyl carbamates (subject to hydrolysis) is 1. The molecule has 4 heterocycles. The molecule has 3 aromatic heterocycles. The molecule has 188 valence electrons. The van der Waals surface area contributed by atoms with Crippen LogP contribution in [0.5, 0.6) is 5.88 Å². The van der Waals surface area contributed by atoms with Crippen molar-refractivity contribution in [3.8, 4) is 17.1 Å². The van der Waals surface area contributed by atoms with Gasteiger partial charge in [0.15, 0.2) is 0 Å². The van der Waals surface area contributed by atoms with Gasteiger partial charge in [-0.3, -0.25) is 14.9 Å². The highest BCUT2D eigenvalue weighted by Gasteiger charge is 2.27. The Balaban J connectivity index is 1.46. The third kappa shape index (κ3) is 5.54. The summed E-state index contributed by atoms with van der Waals surface area (Å²) >= 11 is 0. The standard InChI is InChI=1S/C24H26N6O6/c1-24(2,3)36-23(34)26-6-4-8-35-21-16(11-28-30-21)18-9-14-15(20(31)29-19(14)12-27-18)10-17-13(22(32)33)5-7-25-17/h5,7,9-12,25H,4,6,8H2,1-3H3,(H,26,34)(H,28,30)(H,29,31)(H,32,33)/b15-10-. The zero-order valence-electron chi connectivity index (χ0n) is 20.0. The topological polar surface area (TPSA) is 171 Å². The number of hydrogen-bond acceptors (Lipinski definition) is 7. The van der Waals surface area contributed by atoms with Crippen LogP contribution in [0, 0.1) is 0 Å². The monoisotopic (exact) mass is 494 g/mol. The first kappa shape index (κ1) is 24.5. The second-order valence-corrected chi connectivity index (χ2v) is 8.97. The highest BCUT2D eigenvalue weighted by Crippen LogP contribution is 2.36. The Hall–Kier alpha value is -4.61. The van der Waals surface area contributed by atoms with E-state index in [0.717, 1.165) is 0 Å². The summed E-state index contributed by atoms with van der Waals surface area (Å²) in [5.41, 5.74) is 2.29. The van der Waals surface area contributed by atoms with Crippen LogP contribution in [0.15, 0.2) is 30.7 Å². The predicted molar refractivity (Wildman–Crippen MR) is 130 cm³/mol. The smallest absolute Gasteiger partial charge is 0.407 e. The number of aromatic nitrogens is 4. The highest BCUT2D eigenvalue weighted by molar-refractivity contribution is 6.35. The Bertz CT molecular complexity index is 1330. The van der Waals surface area contributed by atoms with Crippen LogP contribution >= 0.6 is 0 Å². The zero-order chi connectivity index (χ0) is 25.9. The normalized spacial score (nSPS) is 13.9. The van der Waals surface area contributed by atoms with Crippen LogP contribution in [-0.2, 0) is 9.53 Å². The van der Waals surface area contributed by atoms with E-state index >= 15 is 0 Å². The van der Waals surface area contributed by atoms with Gasteiger partial charge in [0.25, 0.3) is 5.91 Å². The van der Waals surface area contributed by atoms with Gasteiger partial charge in [-0.1, -0.05) is 0 Å². The number of carbonyl (C=O) groups is 3. The number of anilines is 1. The number of carbonyl (C=O) groups excluding carboxylic acids is 2. The number of hydrogen-bond donors (Lipinski definition) is 5. The highest BCUT2D eigenvalue weighted by atomic mass is 16.6. The average Bonchev–Trinajstić information content (AvgIpc) is 3.52. The number of aromatic amines is 2. The average molecular weight is 495 g/mol. The molecule has 0 radical (unpaired) electrons. The summed E-state index contributed by atoms with van der Waals surface area (Å²) in [6.07, 6.45) is 6.18. The van der Waals surface area contributed by atoms with Crippen molar-refractivity contribution in [1.29, 1.82) is 0 Å². The van der Waals surface area contributed by atoms with Gasteiger partial charge in [-0.25, -0.2) is 9.59 Å². The molecule has 0 aromatic carbocycles. The van der Waals surface area contributed by atoms with Crippen LogP contribution in [0.4, 0.5) is 10.5 Å². The molecule has 12 nitrogen and oxygen atoms in total. The molecule has 1 aliphatic rings. The maximum atomic E-state index is 12.6. The molecule has 4 rings (SSSR count). The van der Waals surface area contributed by atoms with Gasteiger partial charge in [0, 0.05) is 24.5 Å². The maximum absolute atomic E-state index is 12.6. The molecule has 2 amide bonds. The number of amides is 2. The number of rotatable bonds is 8. The lowest BCUT2D eigenvalue weighted by Gasteiger charge is -2.19. The van der Waals surface area contributed by atoms with Gasteiger partial charge in [0.05, 0.1) is 46.6 Å². The van der Waals surface area contributed by atoms with E-state index in [1.165, 1.54) is 24.5 Å². The van der Waals surface area contributed by atoms with Crippen LogP contribution in [-0.4, -0.2) is 62.0 Å².